The molecule has 16 heavy (non-hydrogen) atoms. The van der Waals surface area contributed by atoms with E-state index in [1.807, 2.05) is 0 Å². The number of carbonyl (C=O) groups is 1. The molecule has 0 saturated carbocycles. The quantitative estimate of drug-likeness (QED) is 0.539. The molecule has 0 aliphatic carbocycles. The van der Waals surface area contributed by atoms with E-state index in [0.29, 0.717) is 0 Å². The molecule has 0 aliphatic rings. The SMILES string of the molecule is CC(=O)/C(=C\[Si](C)(C)C)[Si](C)(C)C(C)(C)C. The van der Waals surface area contributed by atoms with Gasteiger partial charge in [0.2, 0.25) is 0 Å². The third-order valence-electron chi connectivity index (χ3n) is 3.50. The van der Waals surface area contributed by atoms with Gasteiger partial charge in [0.15, 0.2) is 5.78 Å². The molecule has 0 radical (unpaired) electrons. The maximum Gasteiger partial charge on any atom is 0.151 e. The summed E-state index contributed by atoms with van der Waals surface area (Å²) < 4.78 is 0. The molecule has 0 aliphatic heterocycles. The number of ketones is 1. The van der Waals surface area contributed by atoms with Gasteiger partial charge in [-0.15, -0.1) is 0 Å². The van der Waals surface area contributed by atoms with Gasteiger partial charge in [-0.05, 0) is 17.2 Å². The Labute approximate surface area is 103 Å². The summed E-state index contributed by atoms with van der Waals surface area (Å²) in [5.74, 6) is 0.286. The molecule has 0 N–H and O–H groups in total. The maximum atomic E-state index is 11.9. The van der Waals surface area contributed by atoms with Gasteiger partial charge < -0.3 is 0 Å². The maximum absolute atomic E-state index is 11.9. The monoisotopic (exact) mass is 256 g/mol. The molecule has 0 saturated heterocycles. The average molecular weight is 257 g/mol. The average Bonchev–Trinajstić information content (AvgIpc) is 1.95. The molecule has 0 spiro atoms. The first kappa shape index (κ1) is 15.8. The minimum atomic E-state index is -1.66. The van der Waals surface area contributed by atoms with E-state index >= 15 is 0 Å². The lowest BCUT2D eigenvalue weighted by Gasteiger charge is -2.39. The summed E-state index contributed by atoms with van der Waals surface area (Å²) in [5.41, 5.74) is 2.33. The van der Waals surface area contributed by atoms with Crippen molar-refractivity contribution < 1.29 is 4.79 Å². The van der Waals surface area contributed by atoms with Crippen LogP contribution in [0.3, 0.4) is 0 Å². The van der Waals surface area contributed by atoms with Crippen molar-refractivity contribution >= 4 is 21.9 Å². The highest BCUT2D eigenvalue weighted by molar-refractivity contribution is 6.93. The summed E-state index contributed by atoms with van der Waals surface area (Å²) >= 11 is 0. The molecule has 0 unspecified atom stereocenters. The van der Waals surface area contributed by atoms with E-state index in [1.54, 1.807) is 6.92 Å². The van der Waals surface area contributed by atoms with Crippen LogP contribution in [-0.4, -0.2) is 21.9 Å². The molecule has 0 atom stereocenters. The molecule has 1 nitrogen and oxygen atoms in total. The summed E-state index contributed by atoms with van der Waals surface area (Å²) in [4.78, 5) is 11.9. The van der Waals surface area contributed by atoms with Crippen LogP contribution in [0.1, 0.15) is 27.7 Å². The van der Waals surface area contributed by atoms with Crippen molar-refractivity contribution in [3.8, 4) is 0 Å². The molecule has 0 aromatic carbocycles. The smallest absolute Gasteiger partial charge is 0.151 e. The van der Waals surface area contributed by atoms with Gasteiger partial charge in [-0.2, -0.15) is 0 Å². The van der Waals surface area contributed by atoms with E-state index < -0.39 is 16.1 Å². The highest BCUT2D eigenvalue weighted by atomic mass is 28.3. The minimum absolute atomic E-state index is 0.240. The predicted molar refractivity (Wildman–Crippen MR) is 79.3 cm³/mol. The van der Waals surface area contributed by atoms with E-state index in [4.69, 9.17) is 0 Å². The van der Waals surface area contributed by atoms with Gasteiger partial charge in [0, 0.05) is 0 Å². The van der Waals surface area contributed by atoms with Gasteiger partial charge in [-0.1, -0.05) is 59.2 Å². The zero-order valence-electron chi connectivity index (χ0n) is 12.5. The second kappa shape index (κ2) is 4.61. The van der Waals surface area contributed by atoms with Crippen LogP contribution in [0, 0.1) is 0 Å². The lowest BCUT2D eigenvalue weighted by atomic mass is 10.2. The third kappa shape index (κ3) is 4.02. The summed E-state index contributed by atoms with van der Waals surface area (Å²) in [6.07, 6.45) is 0. The predicted octanol–water partition coefficient (Wildman–Crippen LogP) is 4.43. The van der Waals surface area contributed by atoms with Crippen LogP contribution in [0.5, 0.6) is 0 Å². The Balaban J connectivity index is 5.59. The van der Waals surface area contributed by atoms with E-state index in [-0.39, 0.29) is 10.8 Å². The zero-order chi connectivity index (χ0) is 13.4. The fourth-order valence-electron chi connectivity index (χ4n) is 1.56. The fourth-order valence-corrected chi connectivity index (χ4v) is 7.06. The van der Waals surface area contributed by atoms with E-state index in [2.05, 4.69) is 59.2 Å². The Kier molecular flexibility index (Phi) is 4.56. The zero-order valence-corrected chi connectivity index (χ0v) is 14.5. The van der Waals surface area contributed by atoms with Crippen molar-refractivity contribution in [2.45, 2.75) is 65.5 Å². The molecule has 0 bridgehead atoms. The second-order valence-corrected chi connectivity index (χ2v) is 17.7. The van der Waals surface area contributed by atoms with Crippen LogP contribution in [0.4, 0.5) is 0 Å². The van der Waals surface area contributed by atoms with E-state index in [0.717, 1.165) is 5.20 Å². The molecule has 0 rings (SSSR count). The number of hydrogen-bond donors (Lipinski definition) is 0. The van der Waals surface area contributed by atoms with Gasteiger partial charge in [0.25, 0.3) is 0 Å². The van der Waals surface area contributed by atoms with Gasteiger partial charge >= 0.3 is 0 Å². The Morgan fingerprint density at radius 3 is 1.56 bits per heavy atom. The number of Topliss-reactive ketones (excluding diaryl/α,β-unsaturated/α-hetero) is 1. The number of hydrogen-bond acceptors (Lipinski definition) is 1. The third-order valence-corrected chi connectivity index (χ3v) is 10.5. The Morgan fingerprint density at radius 2 is 1.38 bits per heavy atom. The lowest BCUT2D eigenvalue weighted by molar-refractivity contribution is -0.113. The molecular formula is C13H28OSi2. The van der Waals surface area contributed by atoms with Gasteiger partial charge in [0.05, 0.1) is 16.1 Å². The van der Waals surface area contributed by atoms with Crippen molar-refractivity contribution in [3.63, 3.8) is 0 Å². The van der Waals surface area contributed by atoms with Gasteiger partial charge in [-0.25, -0.2) is 0 Å². The van der Waals surface area contributed by atoms with Crippen LogP contribution in [0.15, 0.2) is 10.9 Å². The number of carbonyl (C=O) groups excluding carboxylic acids is 1. The first-order chi connectivity index (χ1) is 6.79. The Morgan fingerprint density at radius 1 is 1.00 bits per heavy atom. The number of allylic oxidation sites excluding steroid dienone is 1. The fraction of sp³-hybridized carbons (Fsp3) is 0.769. The van der Waals surface area contributed by atoms with Crippen molar-refractivity contribution in [2.75, 3.05) is 0 Å². The molecular weight excluding hydrogens is 228 g/mol. The summed E-state index contributed by atoms with van der Waals surface area (Å²) in [6.45, 7) is 20.0. The normalized spacial score (nSPS) is 15.2. The minimum Gasteiger partial charge on any atom is -0.295 e. The van der Waals surface area contributed by atoms with Gasteiger partial charge in [-0.3, -0.25) is 4.79 Å². The summed E-state index contributed by atoms with van der Waals surface area (Å²) in [5, 5.41) is 1.39. The molecule has 0 heterocycles. The highest BCUT2D eigenvalue weighted by Crippen LogP contribution is 2.41. The van der Waals surface area contributed by atoms with Gasteiger partial charge in [0.1, 0.15) is 0 Å². The van der Waals surface area contributed by atoms with Crippen molar-refractivity contribution in [1.29, 1.82) is 0 Å². The Bertz CT molecular complexity index is 301. The second-order valence-electron chi connectivity index (χ2n) is 7.36. The summed E-state index contributed by atoms with van der Waals surface area (Å²) in [7, 11) is -2.98. The molecule has 0 aromatic rings. The molecule has 0 aromatic heterocycles. The lowest BCUT2D eigenvalue weighted by Crippen LogP contribution is -2.43. The van der Waals surface area contributed by atoms with Crippen molar-refractivity contribution in [1.82, 2.24) is 0 Å². The van der Waals surface area contributed by atoms with E-state index in [9.17, 15) is 4.79 Å². The number of rotatable bonds is 3. The Hall–Kier alpha value is -0.156. The highest BCUT2D eigenvalue weighted by Gasteiger charge is 2.40. The van der Waals surface area contributed by atoms with Crippen LogP contribution < -0.4 is 0 Å². The standard InChI is InChI=1S/C13H28OSi2/c1-11(14)12(10-15(5,6)7)16(8,9)13(2,3)4/h10H,1-9H3/b12-10+. The molecule has 0 fully saturated rings. The topological polar surface area (TPSA) is 17.1 Å². The molecule has 3 heteroatoms. The van der Waals surface area contributed by atoms with Crippen LogP contribution in [0.25, 0.3) is 0 Å². The van der Waals surface area contributed by atoms with Crippen molar-refractivity contribution in [3.05, 3.63) is 10.9 Å². The van der Waals surface area contributed by atoms with E-state index in [1.165, 1.54) is 0 Å². The van der Waals surface area contributed by atoms with Crippen LogP contribution in [-0.2, 0) is 4.79 Å². The first-order valence-corrected chi connectivity index (χ1v) is 12.6. The molecule has 0 amide bonds. The summed E-state index contributed by atoms with van der Waals surface area (Å²) in [6, 6.07) is 0. The molecule has 94 valence electrons. The first-order valence-electron chi connectivity index (χ1n) is 6.03. The van der Waals surface area contributed by atoms with Crippen molar-refractivity contribution in [2.24, 2.45) is 0 Å². The van der Waals surface area contributed by atoms with Crippen LogP contribution >= 0.6 is 0 Å². The van der Waals surface area contributed by atoms with Crippen LogP contribution in [0.2, 0.25) is 37.8 Å². The largest absolute Gasteiger partial charge is 0.295 e.